The molecule has 2 aliphatic rings. The van der Waals surface area contributed by atoms with Gasteiger partial charge in [-0.3, -0.25) is 10.3 Å². The minimum absolute atomic E-state index is 0.204. The first-order chi connectivity index (χ1) is 15.3. The molecule has 1 aromatic heterocycles. The number of morpholine rings is 2. The van der Waals surface area contributed by atoms with E-state index in [-0.39, 0.29) is 5.75 Å². The van der Waals surface area contributed by atoms with Crippen molar-refractivity contribution in [3.8, 4) is 11.6 Å². The molecule has 2 fully saturated rings. The van der Waals surface area contributed by atoms with Crippen LogP contribution < -0.4 is 15.1 Å². The van der Waals surface area contributed by atoms with Crippen LogP contribution in [0.25, 0.3) is 0 Å². The summed E-state index contributed by atoms with van der Waals surface area (Å²) >= 11 is 0. The number of ether oxygens (including phenoxy) is 3. The van der Waals surface area contributed by atoms with Crippen molar-refractivity contribution in [2.24, 2.45) is 5.10 Å². The van der Waals surface area contributed by atoms with E-state index in [0.717, 1.165) is 57.4 Å². The third-order valence-corrected chi connectivity index (χ3v) is 5.04. The number of hydrogen-bond acceptors (Lipinski definition) is 10. The molecule has 0 amide bonds. The highest BCUT2D eigenvalue weighted by molar-refractivity contribution is 5.76. The Labute approximate surface area is 181 Å². The second kappa shape index (κ2) is 10.9. The van der Waals surface area contributed by atoms with Crippen molar-refractivity contribution in [2.45, 2.75) is 0 Å². The maximum absolute atomic E-state index is 9.38. The Kier molecular flexibility index (Phi) is 7.48. The Morgan fingerprint density at radius 2 is 1.74 bits per heavy atom. The lowest BCUT2D eigenvalue weighted by Gasteiger charge is -2.28. The second-order valence-electron chi connectivity index (χ2n) is 7.24. The van der Waals surface area contributed by atoms with Gasteiger partial charge in [-0.05, 0) is 24.3 Å². The predicted molar refractivity (Wildman–Crippen MR) is 117 cm³/mol. The molecule has 0 unspecified atom stereocenters. The van der Waals surface area contributed by atoms with E-state index < -0.39 is 0 Å². The SMILES string of the molecule is Oc1ccc(N/N=C/c2nc(OCCN3CCOCC3)cc(N3CCOCC3)n2)cc1. The summed E-state index contributed by atoms with van der Waals surface area (Å²) in [5.74, 6) is 1.98. The van der Waals surface area contributed by atoms with E-state index in [9.17, 15) is 5.11 Å². The fourth-order valence-electron chi connectivity index (χ4n) is 3.32. The van der Waals surface area contributed by atoms with E-state index in [4.69, 9.17) is 14.2 Å². The van der Waals surface area contributed by atoms with Gasteiger partial charge in [-0.15, -0.1) is 0 Å². The van der Waals surface area contributed by atoms with E-state index in [1.165, 1.54) is 0 Å². The number of aromatic nitrogens is 2. The van der Waals surface area contributed by atoms with Gasteiger partial charge in [0.15, 0.2) is 5.82 Å². The van der Waals surface area contributed by atoms with Crippen molar-refractivity contribution >= 4 is 17.7 Å². The predicted octanol–water partition coefficient (Wildman–Crippen LogP) is 1.18. The molecule has 0 spiro atoms. The Bertz CT molecular complexity index is 851. The molecule has 31 heavy (non-hydrogen) atoms. The molecule has 0 bridgehead atoms. The van der Waals surface area contributed by atoms with E-state index in [1.807, 2.05) is 6.07 Å². The average molecular weight is 428 g/mol. The van der Waals surface area contributed by atoms with Gasteiger partial charge in [0.05, 0.1) is 38.3 Å². The number of nitrogens with one attached hydrogen (secondary N) is 1. The highest BCUT2D eigenvalue weighted by atomic mass is 16.5. The molecule has 10 nitrogen and oxygen atoms in total. The smallest absolute Gasteiger partial charge is 0.219 e. The molecule has 0 atom stereocenters. The van der Waals surface area contributed by atoms with Gasteiger partial charge in [-0.2, -0.15) is 10.1 Å². The van der Waals surface area contributed by atoms with Crippen molar-refractivity contribution in [2.75, 3.05) is 76.1 Å². The number of phenols is 1. The first kappa shape index (κ1) is 21.3. The standard InChI is InChI=1S/C21H28N6O4/c28-18-3-1-17(2-4-18)25-22-16-19-23-20(27-8-12-30-13-9-27)15-21(24-19)31-14-7-26-5-10-29-11-6-26/h1-4,15-16,25,28H,5-14H2/b22-16+. The van der Waals surface area contributed by atoms with E-state index in [0.29, 0.717) is 31.5 Å². The molecule has 2 N–H and O–H groups in total. The highest BCUT2D eigenvalue weighted by Crippen LogP contribution is 2.19. The van der Waals surface area contributed by atoms with Crippen molar-refractivity contribution < 1.29 is 19.3 Å². The normalized spacial score (nSPS) is 17.7. The maximum Gasteiger partial charge on any atom is 0.219 e. The molecule has 10 heteroatoms. The Balaban J connectivity index is 1.42. The van der Waals surface area contributed by atoms with Crippen LogP contribution in [0.1, 0.15) is 5.82 Å². The largest absolute Gasteiger partial charge is 0.508 e. The number of rotatable bonds is 8. The van der Waals surface area contributed by atoms with Crippen LogP contribution in [0.5, 0.6) is 11.6 Å². The Morgan fingerprint density at radius 1 is 1.03 bits per heavy atom. The maximum atomic E-state index is 9.38. The van der Waals surface area contributed by atoms with Crippen molar-refractivity contribution in [1.29, 1.82) is 0 Å². The van der Waals surface area contributed by atoms with Gasteiger partial charge in [0, 0.05) is 38.8 Å². The first-order valence-corrected chi connectivity index (χ1v) is 10.5. The van der Waals surface area contributed by atoms with Crippen LogP contribution in [-0.2, 0) is 9.47 Å². The first-order valence-electron chi connectivity index (χ1n) is 10.5. The van der Waals surface area contributed by atoms with Gasteiger partial charge in [-0.25, -0.2) is 4.98 Å². The molecular formula is C21H28N6O4. The number of nitrogens with zero attached hydrogens (tertiary/aromatic N) is 5. The minimum Gasteiger partial charge on any atom is -0.508 e. The number of hydrazone groups is 1. The van der Waals surface area contributed by atoms with Crippen LogP contribution in [0.2, 0.25) is 0 Å². The Morgan fingerprint density at radius 3 is 2.48 bits per heavy atom. The van der Waals surface area contributed by atoms with Gasteiger partial charge in [0.2, 0.25) is 5.88 Å². The van der Waals surface area contributed by atoms with E-state index >= 15 is 0 Å². The van der Waals surface area contributed by atoms with E-state index in [2.05, 4.69) is 30.3 Å². The number of benzene rings is 1. The van der Waals surface area contributed by atoms with Crippen LogP contribution >= 0.6 is 0 Å². The van der Waals surface area contributed by atoms with Gasteiger partial charge < -0.3 is 24.2 Å². The van der Waals surface area contributed by atoms with Crippen LogP contribution in [0, 0.1) is 0 Å². The Hall–Kier alpha value is -2.95. The number of hydrogen-bond donors (Lipinski definition) is 2. The molecule has 2 saturated heterocycles. The monoisotopic (exact) mass is 428 g/mol. The molecule has 1 aromatic carbocycles. The van der Waals surface area contributed by atoms with E-state index in [1.54, 1.807) is 30.5 Å². The molecule has 3 heterocycles. The van der Waals surface area contributed by atoms with Gasteiger partial charge in [0.25, 0.3) is 0 Å². The summed E-state index contributed by atoms with van der Waals surface area (Å²) in [6.45, 7) is 7.63. The molecule has 0 aliphatic carbocycles. The third kappa shape index (κ3) is 6.51. The lowest BCUT2D eigenvalue weighted by atomic mass is 10.3. The molecule has 2 aromatic rings. The average Bonchev–Trinajstić information content (AvgIpc) is 2.82. The van der Waals surface area contributed by atoms with Gasteiger partial charge in [-0.1, -0.05) is 0 Å². The molecule has 0 saturated carbocycles. The lowest BCUT2D eigenvalue weighted by Crippen LogP contribution is -2.38. The fourth-order valence-corrected chi connectivity index (χ4v) is 3.32. The molecule has 166 valence electrons. The number of anilines is 2. The van der Waals surface area contributed by atoms with Crippen molar-refractivity contribution in [3.63, 3.8) is 0 Å². The molecule has 0 radical (unpaired) electrons. The topological polar surface area (TPSA) is 105 Å². The highest BCUT2D eigenvalue weighted by Gasteiger charge is 2.16. The number of aromatic hydroxyl groups is 1. The molecule has 4 rings (SSSR count). The molecular weight excluding hydrogens is 400 g/mol. The lowest BCUT2D eigenvalue weighted by molar-refractivity contribution is 0.0320. The van der Waals surface area contributed by atoms with Crippen molar-refractivity contribution in [3.05, 3.63) is 36.2 Å². The fraction of sp³-hybridized carbons (Fsp3) is 0.476. The van der Waals surface area contributed by atoms with Crippen LogP contribution in [0.4, 0.5) is 11.5 Å². The zero-order valence-corrected chi connectivity index (χ0v) is 17.4. The summed E-state index contributed by atoms with van der Waals surface area (Å²) < 4.78 is 16.8. The van der Waals surface area contributed by atoms with Gasteiger partial charge in [0.1, 0.15) is 18.2 Å². The van der Waals surface area contributed by atoms with Gasteiger partial charge >= 0.3 is 0 Å². The zero-order chi connectivity index (χ0) is 21.3. The van der Waals surface area contributed by atoms with Crippen LogP contribution in [0.15, 0.2) is 35.4 Å². The quantitative estimate of drug-likeness (QED) is 0.364. The zero-order valence-electron chi connectivity index (χ0n) is 17.4. The van der Waals surface area contributed by atoms with Crippen LogP contribution in [0.3, 0.4) is 0 Å². The van der Waals surface area contributed by atoms with Crippen molar-refractivity contribution in [1.82, 2.24) is 14.9 Å². The minimum atomic E-state index is 0.204. The summed E-state index contributed by atoms with van der Waals surface area (Å²) in [7, 11) is 0. The summed E-state index contributed by atoms with van der Waals surface area (Å²) in [5.41, 5.74) is 3.66. The van der Waals surface area contributed by atoms with Crippen LogP contribution in [-0.4, -0.2) is 91.9 Å². The summed E-state index contributed by atoms with van der Waals surface area (Å²) in [4.78, 5) is 13.6. The summed E-state index contributed by atoms with van der Waals surface area (Å²) in [5, 5.41) is 13.6. The summed E-state index contributed by atoms with van der Waals surface area (Å²) in [6.07, 6.45) is 1.56. The summed E-state index contributed by atoms with van der Waals surface area (Å²) in [6, 6.07) is 8.52. The second-order valence-corrected chi connectivity index (χ2v) is 7.24. The number of phenolic OH excluding ortho intramolecular Hbond substituents is 1. The molecule has 2 aliphatic heterocycles. The third-order valence-electron chi connectivity index (χ3n) is 5.04.